The Morgan fingerprint density at radius 2 is 1.92 bits per heavy atom. The average Bonchev–Trinajstić information content (AvgIpc) is 2.82. The van der Waals surface area contributed by atoms with Crippen molar-refractivity contribution in [3.05, 3.63) is 47.0 Å². The molecule has 1 aliphatic heterocycles. The summed E-state index contributed by atoms with van der Waals surface area (Å²) >= 11 is 0. The molecule has 4 rings (SSSR count). The predicted octanol–water partition coefficient (Wildman–Crippen LogP) is 5.24. The average molecular weight is 511 g/mol. The van der Waals surface area contributed by atoms with E-state index in [-0.39, 0.29) is 29.5 Å². The van der Waals surface area contributed by atoms with Gasteiger partial charge in [0.05, 0.1) is 36.8 Å². The van der Waals surface area contributed by atoms with Crippen LogP contribution in [0.3, 0.4) is 0 Å². The van der Waals surface area contributed by atoms with Crippen molar-refractivity contribution in [2.24, 2.45) is 0 Å². The van der Waals surface area contributed by atoms with Crippen molar-refractivity contribution < 1.29 is 31.4 Å². The summed E-state index contributed by atoms with van der Waals surface area (Å²) in [5.74, 6) is -0.516. The molecule has 2 aromatic heterocycles. The van der Waals surface area contributed by atoms with Crippen LogP contribution in [0.2, 0.25) is 0 Å². The number of hydrogen-bond acceptors (Lipinski definition) is 7. The highest BCUT2D eigenvalue weighted by atomic mass is 19.4. The third kappa shape index (κ3) is 4.99. The van der Waals surface area contributed by atoms with E-state index in [2.05, 4.69) is 20.3 Å². The molecule has 1 aliphatic rings. The number of alkyl halides is 4. The summed E-state index contributed by atoms with van der Waals surface area (Å²) in [4.78, 5) is 15.0. The molecule has 36 heavy (non-hydrogen) atoms. The number of rotatable bonds is 6. The highest BCUT2D eigenvalue weighted by Crippen LogP contribution is 2.37. The number of pyridine rings is 1. The summed E-state index contributed by atoms with van der Waals surface area (Å²) in [6, 6.07) is 3.96. The molecule has 1 saturated heterocycles. The van der Waals surface area contributed by atoms with E-state index in [1.165, 1.54) is 27.2 Å². The van der Waals surface area contributed by atoms with Crippen LogP contribution in [0.4, 0.5) is 33.5 Å². The van der Waals surface area contributed by atoms with Gasteiger partial charge in [0.25, 0.3) is 0 Å². The summed E-state index contributed by atoms with van der Waals surface area (Å²) in [7, 11) is 2.91. The summed E-state index contributed by atoms with van der Waals surface area (Å²) in [5.41, 5.74) is -0.731. The van der Waals surface area contributed by atoms with Crippen molar-refractivity contribution in [1.29, 1.82) is 0 Å². The number of halogens is 5. The van der Waals surface area contributed by atoms with Gasteiger partial charge in [-0.3, -0.25) is 0 Å². The molecule has 3 heterocycles. The topological polar surface area (TPSA) is 72.4 Å². The molecule has 0 spiro atoms. The van der Waals surface area contributed by atoms with Crippen LogP contribution < -0.4 is 15.0 Å². The number of nitrogens with zero attached hydrogens (tertiary/aromatic N) is 4. The molecule has 0 saturated carbocycles. The number of ether oxygens (including phenoxy) is 2. The van der Waals surface area contributed by atoms with Crippen LogP contribution in [0.15, 0.2) is 24.3 Å². The number of nitrogens with one attached hydrogen (secondary N) is 1. The molecular formula is C24H26F5N5O2. The zero-order chi connectivity index (χ0) is 26.2. The molecule has 0 amide bonds. The van der Waals surface area contributed by atoms with Gasteiger partial charge in [0.1, 0.15) is 29.3 Å². The fourth-order valence-electron chi connectivity index (χ4n) is 4.38. The molecule has 1 N–H and O–H groups in total. The molecule has 7 nitrogen and oxygen atoms in total. The number of aryl methyl sites for hydroxylation is 1. The number of fused-ring (bicyclic) bond motifs is 1. The second-order valence-electron chi connectivity index (χ2n) is 8.60. The van der Waals surface area contributed by atoms with Crippen molar-refractivity contribution >= 4 is 22.5 Å². The van der Waals surface area contributed by atoms with Crippen LogP contribution in [0.5, 0.6) is 5.88 Å². The summed E-state index contributed by atoms with van der Waals surface area (Å²) < 4.78 is 79.6. The third-order valence-electron chi connectivity index (χ3n) is 6.22. The number of methoxy groups -OCH3 is 2. The standard InChI is InChI=1S/C24H26F5N5O2/c1-12(14-6-5-7-16(20(14)26)24(27,28)29)30-21-15-10-18(34-9-8-19(35-3)17(25)11-34)23(36-4)33-22(15)32-13(2)31-21/h5-7,10,12,17,19H,8-9,11H2,1-4H3,(H,30,31,32,33)/t12-,17-,19-/m1/s1. The van der Waals surface area contributed by atoms with Gasteiger partial charge in [0.15, 0.2) is 5.65 Å². The smallest absolute Gasteiger partial charge is 0.419 e. The van der Waals surface area contributed by atoms with E-state index in [1.807, 2.05) is 0 Å². The molecule has 1 aromatic carbocycles. The molecular weight excluding hydrogens is 485 g/mol. The van der Waals surface area contributed by atoms with E-state index in [0.717, 1.165) is 6.07 Å². The lowest BCUT2D eigenvalue weighted by Crippen LogP contribution is -2.45. The van der Waals surface area contributed by atoms with Crippen molar-refractivity contribution in [3.8, 4) is 5.88 Å². The molecule has 0 aliphatic carbocycles. The Kier molecular flexibility index (Phi) is 7.17. The van der Waals surface area contributed by atoms with Crippen LogP contribution in [-0.4, -0.2) is 54.5 Å². The number of aromatic nitrogens is 3. The molecule has 194 valence electrons. The van der Waals surface area contributed by atoms with Crippen LogP contribution in [0.1, 0.15) is 36.3 Å². The number of hydrogen-bond donors (Lipinski definition) is 1. The van der Waals surface area contributed by atoms with Gasteiger partial charge in [-0.05, 0) is 32.4 Å². The lowest BCUT2D eigenvalue weighted by Gasteiger charge is -2.35. The van der Waals surface area contributed by atoms with Gasteiger partial charge in [-0.15, -0.1) is 0 Å². The van der Waals surface area contributed by atoms with Gasteiger partial charge in [0.2, 0.25) is 5.88 Å². The second kappa shape index (κ2) is 10.00. The van der Waals surface area contributed by atoms with Gasteiger partial charge >= 0.3 is 6.18 Å². The summed E-state index contributed by atoms with van der Waals surface area (Å²) in [6.45, 7) is 3.71. The Morgan fingerprint density at radius 1 is 1.17 bits per heavy atom. The molecule has 0 unspecified atom stereocenters. The Morgan fingerprint density at radius 3 is 2.56 bits per heavy atom. The first-order valence-electron chi connectivity index (χ1n) is 11.3. The van der Waals surface area contributed by atoms with Crippen LogP contribution >= 0.6 is 0 Å². The zero-order valence-corrected chi connectivity index (χ0v) is 20.2. The van der Waals surface area contributed by atoms with E-state index in [4.69, 9.17) is 9.47 Å². The van der Waals surface area contributed by atoms with Crippen molar-refractivity contribution in [3.63, 3.8) is 0 Å². The van der Waals surface area contributed by atoms with Crippen molar-refractivity contribution in [2.75, 3.05) is 37.5 Å². The number of anilines is 2. The quantitative estimate of drug-likeness (QED) is 0.454. The maximum atomic E-state index is 14.7. The number of benzene rings is 1. The van der Waals surface area contributed by atoms with Crippen LogP contribution in [-0.2, 0) is 10.9 Å². The van der Waals surface area contributed by atoms with E-state index in [0.29, 0.717) is 35.9 Å². The minimum absolute atomic E-state index is 0.0589. The van der Waals surface area contributed by atoms with Gasteiger partial charge < -0.3 is 19.7 Å². The van der Waals surface area contributed by atoms with Crippen LogP contribution in [0.25, 0.3) is 11.0 Å². The monoisotopic (exact) mass is 511 g/mol. The van der Waals surface area contributed by atoms with E-state index in [9.17, 15) is 22.0 Å². The molecule has 1 fully saturated rings. The SMILES string of the molecule is COc1nc2nc(C)nc(N[C@H](C)c3cccc(C(F)(F)F)c3F)c2cc1N1CC[C@@H](OC)[C@H](F)C1. The minimum atomic E-state index is -4.82. The first kappa shape index (κ1) is 25.8. The largest absolute Gasteiger partial charge is 0.479 e. The second-order valence-corrected chi connectivity index (χ2v) is 8.60. The minimum Gasteiger partial charge on any atom is -0.479 e. The number of piperidine rings is 1. The fraction of sp³-hybridized carbons (Fsp3) is 0.458. The Bertz CT molecular complexity index is 1260. The van der Waals surface area contributed by atoms with E-state index >= 15 is 0 Å². The normalized spacial score (nSPS) is 19.4. The fourth-order valence-corrected chi connectivity index (χ4v) is 4.38. The van der Waals surface area contributed by atoms with Crippen LogP contribution in [0, 0.1) is 12.7 Å². The maximum absolute atomic E-state index is 14.7. The molecule has 3 aromatic rings. The molecule has 3 atom stereocenters. The van der Waals surface area contributed by atoms with Crippen molar-refractivity contribution in [1.82, 2.24) is 15.0 Å². The lowest BCUT2D eigenvalue weighted by atomic mass is 10.0. The van der Waals surface area contributed by atoms with Gasteiger partial charge in [-0.25, -0.2) is 18.7 Å². The summed E-state index contributed by atoms with van der Waals surface area (Å²) in [6.07, 6.45) is -6.09. The maximum Gasteiger partial charge on any atom is 0.419 e. The molecule has 0 radical (unpaired) electrons. The highest BCUT2D eigenvalue weighted by molar-refractivity contribution is 5.90. The summed E-state index contributed by atoms with van der Waals surface area (Å²) in [5, 5.41) is 3.43. The van der Waals surface area contributed by atoms with Crippen molar-refractivity contribution in [2.45, 2.75) is 44.8 Å². The predicted molar refractivity (Wildman–Crippen MR) is 125 cm³/mol. The molecule has 12 heteroatoms. The van der Waals surface area contributed by atoms with E-state index < -0.39 is 35.9 Å². The first-order chi connectivity index (χ1) is 17.0. The Balaban J connectivity index is 1.74. The highest BCUT2D eigenvalue weighted by Gasteiger charge is 2.35. The van der Waals surface area contributed by atoms with Gasteiger partial charge in [0, 0.05) is 19.2 Å². The van der Waals surface area contributed by atoms with Gasteiger partial charge in [-0.1, -0.05) is 12.1 Å². The Hall–Kier alpha value is -3.28. The lowest BCUT2D eigenvalue weighted by molar-refractivity contribution is -0.140. The molecule has 0 bridgehead atoms. The third-order valence-corrected chi connectivity index (χ3v) is 6.22. The Labute approximate surface area is 204 Å². The first-order valence-corrected chi connectivity index (χ1v) is 11.3. The zero-order valence-electron chi connectivity index (χ0n) is 20.2. The van der Waals surface area contributed by atoms with Gasteiger partial charge in [-0.2, -0.15) is 18.2 Å². The van der Waals surface area contributed by atoms with E-state index in [1.54, 1.807) is 17.9 Å².